The minimum Gasteiger partial charge on any atom is -0.419 e. The van der Waals surface area contributed by atoms with Gasteiger partial charge in [-0.3, -0.25) is 4.68 Å². The molecule has 0 aliphatic heterocycles. The average Bonchev–Trinajstić information content (AvgIpc) is 3.25. The van der Waals surface area contributed by atoms with Crippen molar-refractivity contribution >= 4 is 11.6 Å². The van der Waals surface area contributed by atoms with Crippen LogP contribution in [0.5, 0.6) is 0 Å². The first-order valence-corrected chi connectivity index (χ1v) is 8.27. The Balaban J connectivity index is 1.68. The highest BCUT2D eigenvalue weighted by molar-refractivity contribution is 6.30. The molecule has 1 aromatic carbocycles. The van der Waals surface area contributed by atoms with E-state index >= 15 is 0 Å². The topological polar surface area (TPSA) is 68.8 Å². The molecule has 24 heavy (non-hydrogen) atoms. The van der Waals surface area contributed by atoms with Gasteiger partial charge in [0.25, 0.3) is 0 Å². The lowest BCUT2D eigenvalue weighted by atomic mass is 10.1. The number of nitrogens with zero attached hydrogens (tertiary/aromatic N) is 4. The van der Waals surface area contributed by atoms with Gasteiger partial charge in [-0.1, -0.05) is 17.7 Å². The zero-order valence-corrected chi connectivity index (χ0v) is 14.6. The van der Waals surface area contributed by atoms with Crippen molar-refractivity contribution in [2.24, 2.45) is 0 Å². The summed E-state index contributed by atoms with van der Waals surface area (Å²) in [5.41, 5.74) is 0.811. The number of benzene rings is 1. The second-order valence-electron chi connectivity index (χ2n) is 5.86. The van der Waals surface area contributed by atoms with Gasteiger partial charge in [0.15, 0.2) is 0 Å². The van der Waals surface area contributed by atoms with Crippen LogP contribution in [0.1, 0.15) is 38.7 Å². The normalized spacial score (nSPS) is 15.2. The van der Waals surface area contributed by atoms with Crippen molar-refractivity contribution in [3.63, 3.8) is 0 Å². The highest BCUT2D eigenvalue weighted by atomic mass is 35.5. The highest BCUT2D eigenvalue weighted by Gasteiger charge is 2.21. The fraction of sp³-hybridized carbons (Fsp3) is 0.353. The summed E-state index contributed by atoms with van der Waals surface area (Å²) in [4.78, 5) is 0. The first kappa shape index (κ1) is 16.7. The summed E-state index contributed by atoms with van der Waals surface area (Å²) in [6.45, 7) is 6.22. The van der Waals surface area contributed by atoms with Gasteiger partial charge < -0.3 is 9.73 Å². The van der Waals surface area contributed by atoms with E-state index in [4.69, 9.17) is 16.0 Å². The van der Waals surface area contributed by atoms with Crippen molar-refractivity contribution < 1.29 is 4.42 Å². The third-order valence-corrected chi connectivity index (χ3v) is 4.30. The summed E-state index contributed by atoms with van der Waals surface area (Å²) < 4.78 is 7.72. The van der Waals surface area contributed by atoms with Crippen LogP contribution in [0.3, 0.4) is 0 Å². The molecule has 0 aliphatic rings. The maximum Gasteiger partial charge on any atom is 0.247 e. The average molecular weight is 346 g/mol. The summed E-state index contributed by atoms with van der Waals surface area (Å²) in [5, 5.41) is 16.7. The van der Waals surface area contributed by atoms with Gasteiger partial charge in [0.05, 0.1) is 12.1 Å². The summed E-state index contributed by atoms with van der Waals surface area (Å²) in [7, 11) is 0. The Morgan fingerprint density at radius 1 is 1.17 bits per heavy atom. The third kappa shape index (κ3) is 3.66. The summed E-state index contributed by atoms with van der Waals surface area (Å²) in [6, 6.07) is 9.60. The Hall–Kier alpha value is -2.18. The largest absolute Gasteiger partial charge is 0.419 e. The van der Waals surface area contributed by atoms with Gasteiger partial charge in [-0.25, -0.2) is 0 Å². The van der Waals surface area contributed by atoms with E-state index in [1.165, 1.54) is 0 Å². The fourth-order valence-electron chi connectivity index (χ4n) is 2.50. The van der Waals surface area contributed by atoms with Gasteiger partial charge in [0.1, 0.15) is 0 Å². The standard InChI is InChI=1S/C17H20ClN5O/c1-11(13(3)23-9-5-8-19-23)20-12(2)16-21-22-17(24-16)14-6-4-7-15(18)10-14/h4-13,20H,1-3H3/t11-,12+,13+/m1/s1. The zero-order chi connectivity index (χ0) is 17.1. The zero-order valence-electron chi connectivity index (χ0n) is 13.8. The SMILES string of the molecule is C[C@H](N[C@H](C)[C@H](C)n1cccn1)c1nnc(-c2cccc(Cl)c2)o1. The molecule has 7 heteroatoms. The fourth-order valence-corrected chi connectivity index (χ4v) is 2.69. The molecule has 126 valence electrons. The lowest BCUT2D eigenvalue weighted by Gasteiger charge is -2.24. The van der Waals surface area contributed by atoms with Crippen LogP contribution >= 0.6 is 11.6 Å². The molecule has 0 saturated carbocycles. The molecule has 0 radical (unpaired) electrons. The maximum absolute atomic E-state index is 6.01. The van der Waals surface area contributed by atoms with Crippen LogP contribution in [0, 0.1) is 0 Å². The van der Waals surface area contributed by atoms with Crippen LogP contribution in [0.4, 0.5) is 0 Å². The Bertz CT molecular complexity index is 786. The van der Waals surface area contributed by atoms with E-state index < -0.39 is 0 Å². The second kappa shape index (κ2) is 7.15. The van der Waals surface area contributed by atoms with E-state index in [9.17, 15) is 0 Å². The van der Waals surface area contributed by atoms with Gasteiger partial charge in [-0.15, -0.1) is 10.2 Å². The summed E-state index contributed by atoms with van der Waals surface area (Å²) in [6.07, 6.45) is 3.74. The van der Waals surface area contributed by atoms with Crippen molar-refractivity contribution in [2.75, 3.05) is 0 Å². The van der Waals surface area contributed by atoms with Crippen molar-refractivity contribution in [1.29, 1.82) is 0 Å². The van der Waals surface area contributed by atoms with E-state index in [1.807, 2.05) is 42.1 Å². The second-order valence-corrected chi connectivity index (χ2v) is 6.30. The molecule has 0 amide bonds. The van der Waals surface area contributed by atoms with Gasteiger partial charge in [0, 0.05) is 29.0 Å². The molecular formula is C17H20ClN5O. The van der Waals surface area contributed by atoms with Gasteiger partial charge in [-0.2, -0.15) is 5.10 Å². The molecule has 6 nitrogen and oxygen atoms in total. The predicted octanol–water partition coefficient (Wildman–Crippen LogP) is 3.89. The maximum atomic E-state index is 6.01. The Kier molecular flexibility index (Phi) is 4.97. The molecule has 0 saturated heterocycles. The molecule has 0 unspecified atom stereocenters. The minimum atomic E-state index is -0.0709. The van der Waals surface area contributed by atoms with Crippen LogP contribution in [0.15, 0.2) is 47.1 Å². The minimum absolute atomic E-state index is 0.0709. The number of hydrogen-bond donors (Lipinski definition) is 1. The Morgan fingerprint density at radius 2 is 2.00 bits per heavy atom. The Morgan fingerprint density at radius 3 is 2.71 bits per heavy atom. The molecule has 0 spiro atoms. The molecule has 2 heterocycles. The van der Waals surface area contributed by atoms with E-state index in [-0.39, 0.29) is 18.1 Å². The predicted molar refractivity (Wildman–Crippen MR) is 92.7 cm³/mol. The Labute approximate surface area is 145 Å². The smallest absolute Gasteiger partial charge is 0.247 e. The molecule has 3 rings (SSSR count). The van der Waals surface area contributed by atoms with Crippen molar-refractivity contribution in [3.05, 3.63) is 53.6 Å². The molecule has 0 bridgehead atoms. The number of halogens is 1. The van der Waals surface area contributed by atoms with Crippen molar-refractivity contribution in [1.82, 2.24) is 25.3 Å². The number of rotatable bonds is 6. The first-order valence-electron chi connectivity index (χ1n) is 7.89. The highest BCUT2D eigenvalue weighted by Crippen LogP contribution is 2.24. The van der Waals surface area contributed by atoms with E-state index in [0.29, 0.717) is 16.8 Å². The van der Waals surface area contributed by atoms with Gasteiger partial charge in [0.2, 0.25) is 11.8 Å². The third-order valence-electron chi connectivity index (χ3n) is 4.06. The van der Waals surface area contributed by atoms with E-state index in [1.54, 1.807) is 12.3 Å². The summed E-state index contributed by atoms with van der Waals surface area (Å²) in [5.74, 6) is 1.01. The lowest BCUT2D eigenvalue weighted by molar-refractivity contribution is 0.317. The molecule has 1 N–H and O–H groups in total. The number of nitrogens with one attached hydrogen (secondary N) is 1. The van der Waals surface area contributed by atoms with Gasteiger partial charge in [-0.05, 0) is 45.0 Å². The number of hydrogen-bond acceptors (Lipinski definition) is 5. The van der Waals surface area contributed by atoms with Crippen LogP contribution < -0.4 is 5.32 Å². The molecule has 0 fully saturated rings. The number of aromatic nitrogens is 4. The summed E-state index contributed by atoms with van der Waals surface area (Å²) >= 11 is 6.01. The van der Waals surface area contributed by atoms with E-state index in [2.05, 4.69) is 34.5 Å². The molecule has 3 atom stereocenters. The molecule has 3 aromatic rings. The van der Waals surface area contributed by atoms with Crippen LogP contribution in [0.25, 0.3) is 11.5 Å². The van der Waals surface area contributed by atoms with E-state index in [0.717, 1.165) is 5.56 Å². The quantitative estimate of drug-likeness (QED) is 0.734. The van der Waals surface area contributed by atoms with Crippen molar-refractivity contribution in [2.45, 2.75) is 38.9 Å². The molecular weight excluding hydrogens is 326 g/mol. The van der Waals surface area contributed by atoms with Crippen molar-refractivity contribution in [3.8, 4) is 11.5 Å². The monoisotopic (exact) mass is 345 g/mol. The first-order chi connectivity index (χ1) is 11.5. The van der Waals surface area contributed by atoms with Crippen LogP contribution in [-0.4, -0.2) is 26.0 Å². The van der Waals surface area contributed by atoms with Crippen LogP contribution in [-0.2, 0) is 0 Å². The molecule has 2 aromatic heterocycles. The van der Waals surface area contributed by atoms with Gasteiger partial charge >= 0.3 is 0 Å². The molecule has 0 aliphatic carbocycles. The van der Waals surface area contributed by atoms with Crippen LogP contribution in [0.2, 0.25) is 5.02 Å². The lowest BCUT2D eigenvalue weighted by Crippen LogP contribution is -2.35.